The number of hydrogen-bond donors (Lipinski definition) is 1. The Morgan fingerprint density at radius 2 is 1.76 bits per heavy atom. The van der Waals surface area contributed by atoms with E-state index in [1.807, 2.05) is 51.2 Å². The number of rotatable bonds is 4. The molecule has 0 aromatic heterocycles. The van der Waals surface area contributed by atoms with E-state index in [9.17, 15) is 0 Å². The number of halogens is 2. The van der Waals surface area contributed by atoms with Crippen molar-refractivity contribution in [3.05, 3.63) is 56.5 Å². The summed E-state index contributed by atoms with van der Waals surface area (Å²) >= 11 is 9.89. The second-order valence-corrected chi connectivity index (χ2v) is 6.37. The van der Waals surface area contributed by atoms with Crippen LogP contribution in [0, 0.1) is 13.8 Å². The molecule has 4 heteroatoms. The molecule has 0 spiro atoms. The van der Waals surface area contributed by atoms with Gasteiger partial charge in [-0.25, -0.2) is 0 Å². The Bertz CT molecular complexity index is 634. The molecule has 0 saturated carbocycles. The predicted molar refractivity (Wildman–Crippen MR) is 92.6 cm³/mol. The van der Waals surface area contributed by atoms with E-state index in [4.69, 9.17) is 16.3 Å². The van der Waals surface area contributed by atoms with Crippen LogP contribution in [-0.2, 0) is 0 Å². The molecule has 0 bridgehead atoms. The van der Waals surface area contributed by atoms with Crippen molar-refractivity contribution in [2.75, 3.05) is 7.05 Å². The minimum Gasteiger partial charge on any atom is -0.456 e. The number of ether oxygens (including phenoxy) is 1. The lowest BCUT2D eigenvalue weighted by Gasteiger charge is -2.14. The maximum absolute atomic E-state index is 6.33. The fourth-order valence-corrected chi connectivity index (χ4v) is 2.58. The molecular weight excluding hydrogens is 350 g/mol. The van der Waals surface area contributed by atoms with Gasteiger partial charge in [0.2, 0.25) is 0 Å². The van der Waals surface area contributed by atoms with Crippen molar-refractivity contribution >= 4 is 27.5 Å². The van der Waals surface area contributed by atoms with Crippen molar-refractivity contribution in [3.63, 3.8) is 0 Å². The molecule has 2 nitrogen and oxygen atoms in total. The topological polar surface area (TPSA) is 21.3 Å². The van der Waals surface area contributed by atoms with E-state index in [1.165, 1.54) is 0 Å². The second kappa shape index (κ2) is 6.82. The first-order valence-electron chi connectivity index (χ1n) is 6.83. The Kier molecular flexibility index (Phi) is 5.31. The molecule has 2 aromatic carbocycles. The predicted octanol–water partition coefficient (Wildman–Crippen LogP) is 5.79. The average Bonchev–Trinajstić information content (AvgIpc) is 2.46. The summed E-state index contributed by atoms with van der Waals surface area (Å²) in [6.45, 7) is 6.18. The van der Waals surface area contributed by atoms with Crippen LogP contribution in [0.1, 0.15) is 29.7 Å². The third-order valence-electron chi connectivity index (χ3n) is 3.53. The summed E-state index contributed by atoms with van der Waals surface area (Å²) in [4.78, 5) is 0. The SMILES string of the molecule is CNC(C)c1ccc(Oc2cc(C)c(Br)c(C)c2)c(Cl)c1. The second-order valence-electron chi connectivity index (χ2n) is 5.17. The molecule has 0 amide bonds. The van der Waals surface area contributed by atoms with Crippen molar-refractivity contribution in [1.29, 1.82) is 0 Å². The average molecular weight is 369 g/mol. The third-order valence-corrected chi connectivity index (χ3v) is 5.07. The molecule has 0 aliphatic rings. The van der Waals surface area contributed by atoms with Gasteiger partial charge in [-0.1, -0.05) is 33.6 Å². The highest BCUT2D eigenvalue weighted by Gasteiger charge is 2.10. The van der Waals surface area contributed by atoms with Crippen LogP contribution in [0.5, 0.6) is 11.5 Å². The van der Waals surface area contributed by atoms with Gasteiger partial charge in [-0.05, 0) is 68.8 Å². The molecule has 0 aliphatic heterocycles. The molecule has 0 fully saturated rings. The van der Waals surface area contributed by atoms with E-state index in [0.717, 1.165) is 26.9 Å². The molecule has 0 heterocycles. The third kappa shape index (κ3) is 3.79. The normalized spacial score (nSPS) is 12.3. The summed E-state index contributed by atoms with van der Waals surface area (Å²) < 4.78 is 7.03. The Balaban J connectivity index is 2.28. The molecule has 0 saturated heterocycles. The number of aryl methyl sites for hydroxylation is 2. The molecular formula is C17H19BrClNO. The van der Waals surface area contributed by atoms with Gasteiger partial charge < -0.3 is 10.1 Å². The zero-order valence-electron chi connectivity index (χ0n) is 12.6. The molecule has 2 aromatic rings. The lowest BCUT2D eigenvalue weighted by molar-refractivity contribution is 0.481. The molecule has 1 unspecified atom stereocenters. The fraction of sp³-hybridized carbons (Fsp3) is 0.294. The van der Waals surface area contributed by atoms with Crippen LogP contribution in [0.15, 0.2) is 34.8 Å². The number of nitrogens with one attached hydrogen (secondary N) is 1. The molecule has 0 radical (unpaired) electrons. The van der Waals surface area contributed by atoms with E-state index in [-0.39, 0.29) is 6.04 Å². The minimum atomic E-state index is 0.258. The largest absolute Gasteiger partial charge is 0.456 e. The van der Waals surface area contributed by atoms with E-state index in [1.54, 1.807) is 0 Å². The first-order chi connectivity index (χ1) is 9.92. The Hall–Kier alpha value is -1.03. The quantitative estimate of drug-likeness (QED) is 0.737. The fourth-order valence-electron chi connectivity index (χ4n) is 2.13. The summed E-state index contributed by atoms with van der Waals surface area (Å²) in [5.41, 5.74) is 3.42. The van der Waals surface area contributed by atoms with Gasteiger partial charge in [0.15, 0.2) is 0 Å². The Morgan fingerprint density at radius 3 is 2.29 bits per heavy atom. The van der Waals surface area contributed by atoms with E-state index >= 15 is 0 Å². The molecule has 1 atom stereocenters. The van der Waals surface area contributed by atoms with Gasteiger partial charge in [0, 0.05) is 10.5 Å². The van der Waals surface area contributed by atoms with Gasteiger partial charge in [0.05, 0.1) is 5.02 Å². The number of benzene rings is 2. The van der Waals surface area contributed by atoms with Crippen molar-refractivity contribution in [1.82, 2.24) is 5.32 Å². The van der Waals surface area contributed by atoms with E-state index in [2.05, 4.69) is 28.2 Å². The van der Waals surface area contributed by atoms with Crippen LogP contribution in [0.3, 0.4) is 0 Å². The van der Waals surface area contributed by atoms with Gasteiger partial charge in [0.25, 0.3) is 0 Å². The zero-order valence-corrected chi connectivity index (χ0v) is 15.0. The summed E-state index contributed by atoms with van der Waals surface area (Å²) in [6, 6.07) is 10.1. The van der Waals surface area contributed by atoms with Gasteiger partial charge in [-0.2, -0.15) is 0 Å². The lowest BCUT2D eigenvalue weighted by Crippen LogP contribution is -2.12. The molecule has 112 valence electrons. The zero-order chi connectivity index (χ0) is 15.6. The van der Waals surface area contributed by atoms with Crippen molar-refractivity contribution in [2.45, 2.75) is 26.8 Å². The number of hydrogen-bond acceptors (Lipinski definition) is 2. The molecule has 2 rings (SSSR count). The van der Waals surface area contributed by atoms with Crippen LogP contribution in [-0.4, -0.2) is 7.05 Å². The summed E-state index contributed by atoms with van der Waals surface area (Å²) in [7, 11) is 1.93. The highest BCUT2D eigenvalue weighted by molar-refractivity contribution is 9.10. The first kappa shape index (κ1) is 16.3. The maximum Gasteiger partial charge on any atom is 0.146 e. The van der Waals surface area contributed by atoms with Gasteiger partial charge >= 0.3 is 0 Å². The smallest absolute Gasteiger partial charge is 0.146 e. The molecule has 21 heavy (non-hydrogen) atoms. The molecule has 1 N–H and O–H groups in total. The van der Waals surface area contributed by atoms with Crippen LogP contribution >= 0.6 is 27.5 Å². The van der Waals surface area contributed by atoms with Crippen LogP contribution < -0.4 is 10.1 Å². The summed E-state index contributed by atoms with van der Waals surface area (Å²) in [6.07, 6.45) is 0. The van der Waals surface area contributed by atoms with Gasteiger partial charge in [0.1, 0.15) is 11.5 Å². The van der Waals surface area contributed by atoms with Crippen molar-refractivity contribution in [2.24, 2.45) is 0 Å². The van der Waals surface area contributed by atoms with E-state index < -0.39 is 0 Å². The van der Waals surface area contributed by atoms with Crippen LogP contribution in [0.4, 0.5) is 0 Å². The molecule has 0 aliphatic carbocycles. The monoisotopic (exact) mass is 367 g/mol. The van der Waals surface area contributed by atoms with Gasteiger partial charge in [-0.15, -0.1) is 0 Å². The maximum atomic E-state index is 6.33. The minimum absolute atomic E-state index is 0.258. The van der Waals surface area contributed by atoms with Crippen LogP contribution in [0.2, 0.25) is 5.02 Å². The standard InChI is InChI=1S/C17H19BrClNO/c1-10-7-14(8-11(2)17(10)18)21-16-6-5-13(9-15(16)19)12(3)20-4/h5-9,12,20H,1-4H3. The lowest BCUT2D eigenvalue weighted by atomic mass is 10.1. The summed E-state index contributed by atoms with van der Waals surface area (Å²) in [5.74, 6) is 1.47. The Labute approximate surface area is 139 Å². The van der Waals surface area contributed by atoms with E-state index in [0.29, 0.717) is 10.8 Å². The summed E-state index contributed by atoms with van der Waals surface area (Å²) in [5, 5.41) is 3.81. The highest BCUT2D eigenvalue weighted by Crippen LogP contribution is 2.34. The van der Waals surface area contributed by atoms with Crippen molar-refractivity contribution < 1.29 is 4.74 Å². The van der Waals surface area contributed by atoms with Crippen LogP contribution in [0.25, 0.3) is 0 Å². The Morgan fingerprint density at radius 1 is 1.14 bits per heavy atom. The van der Waals surface area contributed by atoms with Gasteiger partial charge in [-0.3, -0.25) is 0 Å². The van der Waals surface area contributed by atoms with Crippen molar-refractivity contribution in [3.8, 4) is 11.5 Å². The highest BCUT2D eigenvalue weighted by atomic mass is 79.9. The first-order valence-corrected chi connectivity index (χ1v) is 8.00.